The third-order valence-corrected chi connectivity index (χ3v) is 4.13. The molecule has 0 saturated carbocycles. The van der Waals surface area contributed by atoms with Crippen LogP contribution in [0.15, 0.2) is 46.9 Å². The predicted molar refractivity (Wildman–Crippen MR) is 85.9 cm³/mol. The van der Waals surface area contributed by atoms with Gasteiger partial charge in [-0.3, -0.25) is 9.48 Å². The van der Waals surface area contributed by atoms with Crippen LogP contribution in [0.5, 0.6) is 0 Å². The lowest BCUT2D eigenvalue weighted by Crippen LogP contribution is -2.21. The van der Waals surface area contributed by atoms with Crippen LogP contribution < -0.4 is 10.9 Å². The first-order chi connectivity index (χ1) is 10.2. The second-order valence-electron chi connectivity index (χ2n) is 5.54. The van der Waals surface area contributed by atoms with Gasteiger partial charge in [0.15, 0.2) is 0 Å². The fraction of sp³-hybridized carbons (Fsp3) is 0.353. The highest BCUT2D eigenvalue weighted by Gasteiger charge is 2.17. The summed E-state index contributed by atoms with van der Waals surface area (Å²) in [5.74, 6) is 0. The topological polar surface area (TPSA) is 39.0 Å². The van der Waals surface area contributed by atoms with Gasteiger partial charge in [0.2, 0.25) is 0 Å². The van der Waals surface area contributed by atoms with Gasteiger partial charge in [-0.15, -0.1) is 0 Å². The summed E-state index contributed by atoms with van der Waals surface area (Å²) in [6, 6.07) is 9.74. The molecule has 4 nitrogen and oxygen atoms in total. The molecule has 1 heterocycles. The molecule has 0 fully saturated rings. The van der Waals surface area contributed by atoms with E-state index in [4.69, 9.17) is 0 Å². The lowest BCUT2D eigenvalue weighted by molar-refractivity contribution is 0.630. The first kappa shape index (κ1) is 13.7. The minimum Gasteiger partial charge on any atom is -0.353 e. The van der Waals surface area contributed by atoms with E-state index in [2.05, 4.69) is 11.4 Å². The number of nitrogens with one attached hydrogen (secondary N) is 1. The molecule has 0 unspecified atom stereocenters. The van der Waals surface area contributed by atoms with E-state index in [1.54, 1.807) is 4.68 Å². The highest BCUT2D eigenvalue weighted by Crippen LogP contribution is 2.21. The largest absolute Gasteiger partial charge is 0.353 e. The van der Waals surface area contributed by atoms with Gasteiger partial charge in [-0.05, 0) is 44.7 Å². The molecule has 4 heteroatoms. The Morgan fingerprint density at radius 1 is 1.14 bits per heavy atom. The molecule has 1 aliphatic carbocycles. The lowest BCUT2D eigenvalue weighted by Gasteiger charge is -2.13. The molecule has 1 aromatic carbocycles. The van der Waals surface area contributed by atoms with Crippen molar-refractivity contribution in [2.75, 3.05) is 5.32 Å². The van der Waals surface area contributed by atoms with Crippen molar-refractivity contribution in [2.45, 2.75) is 32.6 Å². The molecule has 0 atom stereocenters. The Morgan fingerprint density at radius 2 is 1.90 bits per heavy atom. The monoisotopic (exact) mass is 283 g/mol. The van der Waals surface area contributed by atoms with Crippen molar-refractivity contribution in [3.05, 3.63) is 58.2 Å². The van der Waals surface area contributed by atoms with Crippen molar-refractivity contribution in [1.82, 2.24) is 9.36 Å². The maximum atomic E-state index is 12.7. The normalized spacial score (nSPS) is 14.9. The van der Waals surface area contributed by atoms with Gasteiger partial charge in [0.05, 0.1) is 11.4 Å². The number of benzene rings is 1. The second kappa shape index (κ2) is 5.64. The Labute approximate surface area is 124 Å². The smallest absolute Gasteiger partial charge is 0.295 e. The number of nitrogens with zero attached hydrogens (tertiary/aromatic N) is 2. The number of anilines is 1. The summed E-state index contributed by atoms with van der Waals surface area (Å²) in [5, 5.41) is 3.36. The Balaban J connectivity index is 2.03. The molecule has 0 amide bonds. The van der Waals surface area contributed by atoms with Gasteiger partial charge < -0.3 is 5.32 Å². The van der Waals surface area contributed by atoms with Crippen molar-refractivity contribution in [1.29, 1.82) is 0 Å². The quantitative estimate of drug-likeness (QED) is 0.938. The van der Waals surface area contributed by atoms with Crippen LogP contribution in [0.4, 0.5) is 5.69 Å². The molecule has 110 valence electrons. The zero-order valence-electron chi connectivity index (χ0n) is 12.6. The van der Waals surface area contributed by atoms with E-state index in [0.717, 1.165) is 24.2 Å². The highest BCUT2D eigenvalue weighted by molar-refractivity contribution is 5.53. The summed E-state index contributed by atoms with van der Waals surface area (Å²) in [6.07, 6.45) is 6.77. The molecule has 0 aliphatic heterocycles. The minimum atomic E-state index is 0.00711. The Hall–Kier alpha value is -2.23. The van der Waals surface area contributed by atoms with E-state index in [0.29, 0.717) is 5.69 Å². The van der Waals surface area contributed by atoms with Crippen LogP contribution in [0.2, 0.25) is 0 Å². The Kier molecular flexibility index (Phi) is 3.69. The van der Waals surface area contributed by atoms with E-state index in [9.17, 15) is 4.79 Å². The second-order valence-corrected chi connectivity index (χ2v) is 5.54. The van der Waals surface area contributed by atoms with Gasteiger partial charge in [-0.25, -0.2) is 4.68 Å². The third kappa shape index (κ3) is 2.53. The molecule has 0 radical (unpaired) electrons. The molecule has 21 heavy (non-hydrogen) atoms. The van der Waals surface area contributed by atoms with Crippen LogP contribution in [0.1, 0.15) is 31.4 Å². The first-order valence-corrected chi connectivity index (χ1v) is 7.48. The zero-order valence-corrected chi connectivity index (χ0v) is 12.6. The number of hydrogen-bond donors (Lipinski definition) is 1. The van der Waals surface area contributed by atoms with Crippen molar-refractivity contribution in [3.8, 4) is 5.69 Å². The molecule has 1 aliphatic rings. The summed E-state index contributed by atoms with van der Waals surface area (Å²) >= 11 is 0. The van der Waals surface area contributed by atoms with Crippen LogP contribution in [-0.2, 0) is 7.05 Å². The predicted octanol–water partition coefficient (Wildman–Crippen LogP) is 3.35. The van der Waals surface area contributed by atoms with Gasteiger partial charge in [0.25, 0.3) is 5.56 Å². The minimum absolute atomic E-state index is 0.00711. The average Bonchev–Trinajstić information content (AvgIpc) is 2.73. The van der Waals surface area contributed by atoms with Crippen LogP contribution in [0.25, 0.3) is 5.69 Å². The summed E-state index contributed by atoms with van der Waals surface area (Å²) in [7, 11) is 1.92. The van der Waals surface area contributed by atoms with E-state index in [1.807, 2.05) is 49.0 Å². The maximum Gasteiger partial charge on any atom is 0.295 e. The van der Waals surface area contributed by atoms with Gasteiger partial charge in [-0.2, -0.15) is 0 Å². The SMILES string of the molecule is Cc1c(NC2=CCCCC2)c(=O)n(-c2ccccc2)n1C. The summed E-state index contributed by atoms with van der Waals surface area (Å²) < 4.78 is 3.62. The number of rotatable bonds is 3. The van der Waals surface area contributed by atoms with E-state index < -0.39 is 0 Å². The fourth-order valence-corrected chi connectivity index (χ4v) is 2.82. The van der Waals surface area contributed by atoms with Crippen molar-refractivity contribution < 1.29 is 0 Å². The zero-order chi connectivity index (χ0) is 14.8. The number of para-hydroxylation sites is 1. The molecule has 0 bridgehead atoms. The third-order valence-electron chi connectivity index (χ3n) is 4.13. The first-order valence-electron chi connectivity index (χ1n) is 7.48. The number of allylic oxidation sites excluding steroid dienone is 2. The highest BCUT2D eigenvalue weighted by atomic mass is 16.1. The number of aromatic nitrogens is 2. The molecule has 1 aromatic heterocycles. The maximum absolute atomic E-state index is 12.7. The van der Waals surface area contributed by atoms with Gasteiger partial charge in [-0.1, -0.05) is 24.3 Å². The Bertz CT molecular complexity index is 722. The summed E-state index contributed by atoms with van der Waals surface area (Å²) in [6.45, 7) is 1.98. The van der Waals surface area contributed by atoms with Crippen LogP contribution >= 0.6 is 0 Å². The van der Waals surface area contributed by atoms with Crippen LogP contribution in [-0.4, -0.2) is 9.36 Å². The lowest BCUT2D eigenvalue weighted by atomic mass is 10.0. The molecule has 1 N–H and O–H groups in total. The van der Waals surface area contributed by atoms with Crippen LogP contribution in [0, 0.1) is 6.92 Å². The molecule has 3 rings (SSSR count). The van der Waals surface area contributed by atoms with E-state index in [1.165, 1.54) is 18.5 Å². The molecular formula is C17H21N3O. The summed E-state index contributed by atoms with van der Waals surface area (Å²) in [5.41, 5.74) is 3.71. The summed E-state index contributed by atoms with van der Waals surface area (Å²) in [4.78, 5) is 12.7. The van der Waals surface area contributed by atoms with Gasteiger partial charge in [0.1, 0.15) is 5.69 Å². The number of hydrogen-bond acceptors (Lipinski definition) is 2. The van der Waals surface area contributed by atoms with Crippen molar-refractivity contribution in [2.24, 2.45) is 7.05 Å². The van der Waals surface area contributed by atoms with E-state index >= 15 is 0 Å². The van der Waals surface area contributed by atoms with Crippen molar-refractivity contribution in [3.63, 3.8) is 0 Å². The molecule has 0 saturated heterocycles. The fourth-order valence-electron chi connectivity index (χ4n) is 2.82. The van der Waals surface area contributed by atoms with Gasteiger partial charge in [0, 0.05) is 12.7 Å². The van der Waals surface area contributed by atoms with Crippen molar-refractivity contribution >= 4 is 5.69 Å². The Morgan fingerprint density at radius 3 is 2.57 bits per heavy atom. The molecule has 2 aromatic rings. The standard InChI is InChI=1S/C17H21N3O/c1-13-16(18-14-9-5-3-6-10-14)17(21)20(19(13)2)15-11-7-4-8-12-15/h4,7-9,11-12,18H,3,5-6,10H2,1-2H3. The van der Waals surface area contributed by atoms with Crippen LogP contribution in [0.3, 0.4) is 0 Å². The molecule has 0 spiro atoms. The average molecular weight is 283 g/mol. The van der Waals surface area contributed by atoms with Gasteiger partial charge >= 0.3 is 0 Å². The van der Waals surface area contributed by atoms with E-state index in [-0.39, 0.29) is 5.56 Å². The molecular weight excluding hydrogens is 262 g/mol.